The van der Waals surface area contributed by atoms with E-state index in [1.165, 1.54) is 12.8 Å². The van der Waals surface area contributed by atoms with E-state index in [2.05, 4.69) is 67.8 Å². The molecule has 1 aromatic heterocycles. The average molecular weight is 548 g/mol. The van der Waals surface area contributed by atoms with Crippen molar-refractivity contribution in [2.75, 3.05) is 0 Å². The zero-order chi connectivity index (χ0) is 26.9. The van der Waals surface area contributed by atoms with Gasteiger partial charge in [0, 0.05) is 33.0 Å². The van der Waals surface area contributed by atoms with Crippen LogP contribution in [0.4, 0.5) is 0 Å². The highest BCUT2D eigenvalue weighted by Gasteiger charge is 2.51. The Bertz CT molecular complexity index is 1300. The van der Waals surface area contributed by atoms with Crippen molar-refractivity contribution in [2.45, 2.75) is 76.3 Å². The molecule has 0 spiro atoms. The normalized spacial score (nSPS) is 24.3. The van der Waals surface area contributed by atoms with Gasteiger partial charge in [-0.2, -0.15) is 0 Å². The first-order chi connectivity index (χ1) is 18.3. The second kappa shape index (κ2) is 11.2. The molecule has 1 aliphatic carbocycles. The summed E-state index contributed by atoms with van der Waals surface area (Å²) in [6, 6.07) is 22.1. The van der Waals surface area contributed by atoms with E-state index in [1.807, 2.05) is 30.3 Å². The SMILES string of the molecule is C=CCC[C@@]1(C)C[C@H](c2cccc(Cl)c2)[C@@H](c2ccc(Cl)cc2)N([C@@H](CC)c2cccc(C3CC3)n2)C1=O. The lowest BCUT2D eigenvalue weighted by Crippen LogP contribution is -2.53. The summed E-state index contributed by atoms with van der Waals surface area (Å²) in [5.41, 5.74) is 3.81. The number of piperidine rings is 1. The highest BCUT2D eigenvalue weighted by molar-refractivity contribution is 6.30. The van der Waals surface area contributed by atoms with Gasteiger partial charge in [0.1, 0.15) is 0 Å². The molecule has 0 N–H and O–H groups in total. The molecule has 38 heavy (non-hydrogen) atoms. The van der Waals surface area contributed by atoms with E-state index in [1.54, 1.807) is 0 Å². The Hall–Kier alpha value is -2.62. The molecule has 2 aliphatic rings. The van der Waals surface area contributed by atoms with Crippen LogP contribution in [-0.2, 0) is 4.79 Å². The van der Waals surface area contributed by atoms with Gasteiger partial charge in [-0.05, 0) is 86.1 Å². The average Bonchev–Trinajstić information content (AvgIpc) is 3.77. The zero-order valence-electron chi connectivity index (χ0n) is 22.2. The third-order valence-corrected chi connectivity index (χ3v) is 8.83. The molecule has 0 bridgehead atoms. The monoisotopic (exact) mass is 546 g/mol. The van der Waals surface area contributed by atoms with Crippen LogP contribution in [0, 0.1) is 5.41 Å². The molecule has 3 aromatic rings. The summed E-state index contributed by atoms with van der Waals surface area (Å²) in [5, 5.41) is 1.39. The lowest BCUT2D eigenvalue weighted by atomic mass is 9.66. The maximum atomic E-state index is 14.7. The van der Waals surface area contributed by atoms with Gasteiger partial charge in [-0.1, -0.05) is 73.5 Å². The highest BCUT2D eigenvalue weighted by Crippen LogP contribution is 2.54. The van der Waals surface area contributed by atoms with Crippen LogP contribution in [0.2, 0.25) is 10.0 Å². The number of allylic oxidation sites excluding steroid dienone is 1. The minimum absolute atomic E-state index is 0.0584. The molecule has 5 rings (SSSR count). The second-order valence-electron chi connectivity index (χ2n) is 11.1. The van der Waals surface area contributed by atoms with Gasteiger partial charge in [-0.15, -0.1) is 6.58 Å². The summed E-state index contributed by atoms with van der Waals surface area (Å²) in [7, 11) is 0. The van der Waals surface area contributed by atoms with Crippen molar-refractivity contribution in [3.8, 4) is 0 Å². The molecule has 1 saturated heterocycles. The van der Waals surface area contributed by atoms with Crippen LogP contribution in [0.1, 0.15) is 98.8 Å². The number of amides is 1. The van der Waals surface area contributed by atoms with Crippen LogP contribution < -0.4 is 0 Å². The van der Waals surface area contributed by atoms with Crippen molar-refractivity contribution >= 4 is 29.1 Å². The third-order valence-electron chi connectivity index (χ3n) is 8.34. The highest BCUT2D eigenvalue weighted by atomic mass is 35.5. The van der Waals surface area contributed by atoms with Crippen LogP contribution in [0.15, 0.2) is 79.4 Å². The van der Waals surface area contributed by atoms with Gasteiger partial charge in [-0.3, -0.25) is 9.78 Å². The lowest BCUT2D eigenvalue weighted by molar-refractivity contribution is -0.155. The van der Waals surface area contributed by atoms with Crippen molar-refractivity contribution in [1.82, 2.24) is 9.88 Å². The molecule has 0 unspecified atom stereocenters. The molecule has 2 fully saturated rings. The van der Waals surface area contributed by atoms with Gasteiger partial charge in [0.25, 0.3) is 0 Å². The number of benzene rings is 2. The fraction of sp³-hybridized carbons (Fsp3) is 0.394. The summed E-state index contributed by atoms with van der Waals surface area (Å²) in [4.78, 5) is 21.9. The van der Waals surface area contributed by atoms with Crippen LogP contribution in [-0.4, -0.2) is 15.8 Å². The first-order valence-electron chi connectivity index (χ1n) is 13.8. The Morgan fingerprint density at radius 3 is 2.45 bits per heavy atom. The predicted molar refractivity (Wildman–Crippen MR) is 157 cm³/mol. The summed E-state index contributed by atoms with van der Waals surface area (Å²) in [6.07, 6.45) is 7.35. The van der Waals surface area contributed by atoms with E-state index in [9.17, 15) is 4.79 Å². The Morgan fingerprint density at radius 1 is 1.05 bits per heavy atom. The summed E-state index contributed by atoms with van der Waals surface area (Å²) in [5.74, 6) is 0.791. The van der Waals surface area contributed by atoms with Crippen LogP contribution in [0.3, 0.4) is 0 Å². The molecule has 2 aromatic carbocycles. The molecule has 2 heterocycles. The minimum Gasteiger partial charge on any atom is -0.326 e. The Balaban J connectivity index is 1.69. The molecular weight excluding hydrogens is 511 g/mol. The van der Waals surface area contributed by atoms with E-state index >= 15 is 0 Å². The van der Waals surface area contributed by atoms with E-state index in [0.717, 1.165) is 48.2 Å². The lowest BCUT2D eigenvalue weighted by Gasteiger charge is -2.52. The largest absolute Gasteiger partial charge is 0.326 e. The Kier molecular flexibility index (Phi) is 7.98. The van der Waals surface area contributed by atoms with Crippen molar-refractivity contribution in [3.05, 3.63) is 112 Å². The molecule has 5 heteroatoms. The van der Waals surface area contributed by atoms with Gasteiger partial charge in [0.05, 0.1) is 17.8 Å². The van der Waals surface area contributed by atoms with Crippen molar-refractivity contribution in [1.29, 1.82) is 0 Å². The van der Waals surface area contributed by atoms with Gasteiger partial charge in [0.15, 0.2) is 0 Å². The maximum absolute atomic E-state index is 14.7. The number of carbonyl (C=O) groups is 1. The van der Waals surface area contributed by atoms with Crippen molar-refractivity contribution in [2.24, 2.45) is 5.41 Å². The fourth-order valence-corrected chi connectivity index (χ4v) is 6.51. The van der Waals surface area contributed by atoms with Gasteiger partial charge in [-0.25, -0.2) is 0 Å². The van der Waals surface area contributed by atoms with E-state index < -0.39 is 5.41 Å². The summed E-state index contributed by atoms with van der Waals surface area (Å²) in [6.45, 7) is 8.23. The molecule has 0 radical (unpaired) electrons. The summed E-state index contributed by atoms with van der Waals surface area (Å²) < 4.78 is 0. The van der Waals surface area contributed by atoms with Crippen LogP contribution in [0.5, 0.6) is 0 Å². The maximum Gasteiger partial charge on any atom is 0.229 e. The van der Waals surface area contributed by atoms with Crippen molar-refractivity contribution in [3.63, 3.8) is 0 Å². The Labute approximate surface area is 236 Å². The molecule has 1 saturated carbocycles. The number of halogens is 2. The predicted octanol–water partition coefficient (Wildman–Crippen LogP) is 9.45. The minimum atomic E-state index is -0.536. The van der Waals surface area contributed by atoms with Gasteiger partial charge in [0.2, 0.25) is 5.91 Å². The van der Waals surface area contributed by atoms with Gasteiger partial charge < -0.3 is 4.90 Å². The molecule has 3 nitrogen and oxygen atoms in total. The standard InChI is InChI=1S/C33H36Cl2N2O/c1-4-6-19-33(3)21-27(24-9-7-10-26(35)20-24)31(23-15-17-25(34)18-16-23)37(32(33)38)30(5-2)29-12-8-11-28(36-29)22-13-14-22/h4,7-12,15-18,20,22,27,30-31H,1,5-6,13-14,19,21H2,2-3H3/t27-,30+,31-,33+/m1/s1. The number of carbonyl (C=O) groups excluding carboxylic acids is 1. The molecular formula is C33H36Cl2N2O. The number of pyridine rings is 1. The second-order valence-corrected chi connectivity index (χ2v) is 12.0. The topological polar surface area (TPSA) is 33.2 Å². The number of aromatic nitrogens is 1. The van der Waals surface area contributed by atoms with Gasteiger partial charge >= 0.3 is 0 Å². The number of nitrogens with zero attached hydrogens (tertiary/aromatic N) is 2. The smallest absolute Gasteiger partial charge is 0.229 e. The number of hydrogen-bond acceptors (Lipinski definition) is 2. The molecule has 1 amide bonds. The third kappa shape index (κ3) is 5.42. The number of rotatable bonds is 9. The fourth-order valence-electron chi connectivity index (χ4n) is 6.18. The number of hydrogen-bond donors (Lipinski definition) is 0. The Morgan fingerprint density at radius 2 is 1.79 bits per heavy atom. The van der Waals surface area contributed by atoms with Crippen LogP contribution >= 0.6 is 23.2 Å². The number of likely N-dealkylation sites (tertiary alicyclic amines) is 1. The quantitative estimate of drug-likeness (QED) is 0.250. The van der Waals surface area contributed by atoms with E-state index in [0.29, 0.717) is 16.0 Å². The van der Waals surface area contributed by atoms with E-state index in [-0.39, 0.29) is 23.9 Å². The van der Waals surface area contributed by atoms with E-state index in [4.69, 9.17) is 28.2 Å². The summed E-state index contributed by atoms with van der Waals surface area (Å²) >= 11 is 12.8. The van der Waals surface area contributed by atoms with Crippen LogP contribution in [0.25, 0.3) is 0 Å². The first kappa shape index (κ1) is 27.0. The molecule has 1 aliphatic heterocycles. The first-order valence-corrected chi connectivity index (χ1v) is 14.5. The molecule has 4 atom stereocenters. The zero-order valence-corrected chi connectivity index (χ0v) is 23.8. The molecule has 198 valence electrons. The van der Waals surface area contributed by atoms with Crippen molar-refractivity contribution < 1.29 is 4.79 Å².